The van der Waals surface area contributed by atoms with Gasteiger partial charge in [0.15, 0.2) is 5.82 Å². The van der Waals surface area contributed by atoms with E-state index in [0.717, 1.165) is 48.9 Å². The number of nitrogens with two attached hydrogens (primary N) is 1. The van der Waals surface area contributed by atoms with E-state index in [1.807, 2.05) is 26.0 Å². The molecule has 0 saturated carbocycles. The van der Waals surface area contributed by atoms with Crippen LogP contribution in [0.3, 0.4) is 0 Å². The minimum absolute atomic E-state index is 0.214. The predicted octanol–water partition coefficient (Wildman–Crippen LogP) is 5.38. The molecule has 0 bridgehead atoms. The van der Waals surface area contributed by atoms with Gasteiger partial charge in [0.25, 0.3) is 0 Å². The van der Waals surface area contributed by atoms with Crippen LogP contribution in [0.15, 0.2) is 85.2 Å². The molecule has 0 unspecified atom stereocenters. The van der Waals surface area contributed by atoms with Crippen LogP contribution in [0.25, 0.3) is 0 Å². The van der Waals surface area contributed by atoms with Gasteiger partial charge in [0.05, 0.1) is 6.04 Å². The molecule has 0 atom stereocenters. The zero-order chi connectivity index (χ0) is 24.2. The van der Waals surface area contributed by atoms with Gasteiger partial charge in [-0.1, -0.05) is 66.7 Å². The normalized spacial score (nSPS) is 14.3. The first-order chi connectivity index (χ1) is 17.1. The van der Waals surface area contributed by atoms with Crippen molar-refractivity contribution in [2.45, 2.75) is 19.9 Å². The van der Waals surface area contributed by atoms with E-state index in [1.54, 1.807) is 0 Å². The Morgan fingerprint density at radius 2 is 1.34 bits per heavy atom. The van der Waals surface area contributed by atoms with Gasteiger partial charge in [-0.25, -0.2) is 4.98 Å². The zero-order valence-electron chi connectivity index (χ0n) is 20.3. The van der Waals surface area contributed by atoms with Crippen molar-refractivity contribution >= 4 is 11.5 Å². The highest BCUT2D eigenvalue weighted by Crippen LogP contribution is 2.34. The van der Waals surface area contributed by atoms with Gasteiger partial charge in [-0.2, -0.15) is 4.98 Å². The van der Waals surface area contributed by atoms with Crippen LogP contribution in [0.2, 0.25) is 0 Å². The third-order valence-corrected chi connectivity index (χ3v) is 6.45. The molecule has 1 aliphatic heterocycles. The summed E-state index contributed by atoms with van der Waals surface area (Å²) in [4.78, 5) is 13.6. The fourth-order valence-electron chi connectivity index (χ4n) is 4.88. The number of nitrogens with zero attached hydrogens (tertiary/aromatic N) is 4. The zero-order valence-corrected chi connectivity index (χ0v) is 20.3. The van der Waals surface area contributed by atoms with Crippen LogP contribution in [0.4, 0.5) is 11.5 Å². The maximum absolute atomic E-state index is 6.51. The van der Waals surface area contributed by atoms with E-state index in [4.69, 9.17) is 10.5 Å². The number of anilines is 2. The summed E-state index contributed by atoms with van der Waals surface area (Å²) in [6.07, 6.45) is 1.53. The van der Waals surface area contributed by atoms with Crippen LogP contribution >= 0.6 is 0 Å². The molecule has 0 aliphatic carbocycles. The summed E-state index contributed by atoms with van der Waals surface area (Å²) in [5.41, 5.74) is 11.9. The van der Waals surface area contributed by atoms with Gasteiger partial charge in [-0.15, -0.1) is 0 Å². The smallest absolute Gasteiger partial charge is 0.248 e. The Bertz CT molecular complexity index is 1210. The molecule has 1 saturated heterocycles. The lowest BCUT2D eigenvalue weighted by molar-refractivity contribution is 0.212. The number of ether oxygens (including phenoxy) is 1. The largest absolute Gasteiger partial charge is 0.437 e. The van der Waals surface area contributed by atoms with Gasteiger partial charge in [-0.05, 0) is 48.2 Å². The standard InChI is InChI=1S/C29H31N5O/c1-21-17-22(2)19-25(18-21)35-29-26(30)28(31-20-32-29)34-15-13-33(14-16-34)27(23-9-5-3-6-10-23)24-11-7-4-8-12-24/h3-12,17-20,27H,13-16,30H2,1-2H3. The Balaban J connectivity index is 1.34. The van der Waals surface area contributed by atoms with E-state index < -0.39 is 0 Å². The molecule has 0 radical (unpaired) electrons. The van der Waals surface area contributed by atoms with Crippen molar-refractivity contribution in [3.63, 3.8) is 0 Å². The molecule has 0 amide bonds. The number of rotatable bonds is 6. The molecule has 2 N–H and O–H groups in total. The van der Waals surface area contributed by atoms with Gasteiger partial charge < -0.3 is 15.4 Å². The number of hydrogen-bond acceptors (Lipinski definition) is 6. The predicted molar refractivity (Wildman–Crippen MR) is 141 cm³/mol. The first-order valence-corrected chi connectivity index (χ1v) is 12.0. The molecular weight excluding hydrogens is 434 g/mol. The molecule has 1 aromatic heterocycles. The summed E-state index contributed by atoms with van der Waals surface area (Å²) >= 11 is 0. The van der Waals surface area contributed by atoms with Gasteiger partial charge in [0.2, 0.25) is 5.88 Å². The van der Waals surface area contributed by atoms with E-state index in [9.17, 15) is 0 Å². The number of aryl methyl sites for hydroxylation is 2. The third-order valence-electron chi connectivity index (χ3n) is 6.45. The summed E-state index contributed by atoms with van der Waals surface area (Å²) in [6, 6.07) is 27.7. The van der Waals surface area contributed by atoms with Crippen molar-refractivity contribution in [1.29, 1.82) is 0 Å². The lowest BCUT2D eigenvalue weighted by Crippen LogP contribution is -2.48. The molecule has 2 heterocycles. The molecule has 1 fully saturated rings. The SMILES string of the molecule is Cc1cc(C)cc(Oc2ncnc(N3CCN(C(c4ccccc4)c4ccccc4)CC3)c2N)c1. The Kier molecular flexibility index (Phi) is 6.64. The molecule has 178 valence electrons. The molecule has 35 heavy (non-hydrogen) atoms. The summed E-state index contributed by atoms with van der Waals surface area (Å²) < 4.78 is 6.06. The van der Waals surface area contributed by atoms with Crippen molar-refractivity contribution in [3.8, 4) is 11.6 Å². The maximum atomic E-state index is 6.51. The first-order valence-electron chi connectivity index (χ1n) is 12.0. The second kappa shape index (κ2) is 10.2. The Morgan fingerprint density at radius 1 is 0.771 bits per heavy atom. The van der Waals surface area contributed by atoms with Crippen LogP contribution in [0, 0.1) is 13.8 Å². The van der Waals surface area contributed by atoms with Crippen LogP contribution in [-0.4, -0.2) is 41.0 Å². The molecule has 5 rings (SSSR count). The van der Waals surface area contributed by atoms with Gasteiger partial charge in [-0.3, -0.25) is 4.90 Å². The fraction of sp³-hybridized carbons (Fsp3) is 0.241. The van der Waals surface area contributed by atoms with Crippen LogP contribution in [0.5, 0.6) is 11.6 Å². The molecule has 6 nitrogen and oxygen atoms in total. The van der Waals surface area contributed by atoms with Crippen molar-refractivity contribution in [1.82, 2.24) is 14.9 Å². The highest BCUT2D eigenvalue weighted by Gasteiger charge is 2.28. The van der Waals surface area contributed by atoms with Crippen molar-refractivity contribution in [3.05, 3.63) is 107 Å². The van der Waals surface area contributed by atoms with Crippen LogP contribution in [0.1, 0.15) is 28.3 Å². The second-order valence-electron chi connectivity index (χ2n) is 9.09. The monoisotopic (exact) mass is 465 g/mol. The number of aromatic nitrogens is 2. The van der Waals surface area contributed by atoms with Gasteiger partial charge in [0.1, 0.15) is 17.8 Å². The van der Waals surface area contributed by atoms with E-state index in [2.05, 4.69) is 86.5 Å². The number of piperazine rings is 1. The molecular formula is C29H31N5O. The summed E-state index contributed by atoms with van der Waals surface area (Å²) in [5, 5.41) is 0. The van der Waals surface area contributed by atoms with Gasteiger partial charge in [0, 0.05) is 26.2 Å². The highest BCUT2D eigenvalue weighted by atomic mass is 16.5. The second-order valence-corrected chi connectivity index (χ2v) is 9.09. The molecule has 0 spiro atoms. The fourth-order valence-corrected chi connectivity index (χ4v) is 4.88. The van der Waals surface area contributed by atoms with E-state index in [0.29, 0.717) is 11.6 Å². The van der Waals surface area contributed by atoms with Crippen molar-refractivity contribution in [2.75, 3.05) is 36.8 Å². The quantitative estimate of drug-likeness (QED) is 0.412. The summed E-state index contributed by atoms with van der Waals surface area (Å²) in [6.45, 7) is 7.52. The first kappa shape index (κ1) is 22.9. The highest BCUT2D eigenvalue weighted by molar-refractivity contribution is 5.68. The lowest BCUT2D eigenvalue weighted by Gasteiger charge is -2.40. The number of nitrogen functional groups attached to an aromatic ring is 1. The molecule has 3 aromatic carbocycles. The number of hydrogen-bond donors (Lipinski definition) is 1. The van der Waals surface area contributed by atoms with Crippen molar-refractivity contribution < 1.29 is 4.74 Å². The van der Waals surface area contributed by atoms with Gasteiger partial charge >= 0.3 is 0 Å². The average Bonchev–Trinajstić information content (AvgIpc) is 2.87. The van der Waals surface area contributed by atoms with E-state index in [1.165, 1.54) is 17.5 Å². The maximum Gasteiger partial charge on any atom is 0.248 e. The minimum atomic E-state index is 0.214. The Labute approximate surface area is 207 Å². The average molecular weight is 466 g/mol. The van der Waals surface area contributed by atoms with Crippen LogP contribution in [-0.2, 0) is 0 Å². The van der Waals surface area contributed by atoms with Crippen molar-refractivity contribution in [2.24, 2.45) is 0 Å². The summed E-state index contributed by atoms with van der Waals surface area (Å²) in [5.74, 6) is 1.86. The number of benzene rings is 3. The lowest BCUT2D eigenvalue weighted by atomic mass is 9.96. The molecule has 6 heteroatoms. The Hall–Kier alpha value is -3.90. The Morgan fingerprint density at radius 3 is 1.91 bits per heavy atom. The topological polar surface area (TPSA) is 67.5 Å². The molecule has 1 aliphatic rings. The third kappa shape index (κ3) is 5.12. The molecule has 4 aromatic rings. The summed E-state index contributed by atoms with van der Waals surface area (Å²) in [7, 11) is 0. The van der Waals surface area contributed by atoms with E-state index >= 15 is 0 Å². The van der Waals surface area contributed by atoms with E-state index in [-0.39, 0.29) is 6.04 Å². The van der Waals surface area contributed by atoms with Crippen LogP contribution < -0.4 is 15.4 Å². The minimum Gasteiger partial charge on any atom is -0.437 e.